The van der Waals surface area contributed by atoms with E-state index in [1.54, 1.807) is 12.1 Å². The van der Waals surface area contributed by atoms with Crippen molar-refractivity contribution < 1.29 is 19.1 Å². The second kappa shape index (κ2) is 10.8. The molecule has 0 N–H and O–H groups in total. The van der Waals surface area contributed by atoms with Crippen LogP contribution in [-0.4, -0.2) is 18.5 Å². The molecule has 0 saturated carbocycles. The van der Waals surface area contributed by atoms with Crippen LogP contribution in [0.4, 0.5) is 0 Å². The van der Waals surface area contributed by atoms with Gasteiger partial charge in [-0.3, -0.25) is 9.59 Å². The monoisotopic (exact) mass is 306 g/mol. The number of carbonyl (C=O) groups is 2. The lowest BCUT2D eigenvalue weighted by Gasteiger charge is -2.06. The van der Waals surface area contributed by atoms with E-state index in [9.17, 15) is 9.59 Å². The maximum atomic E-state index is 11.6. The predicted octanol–water partition coefficient (Wildman–Crippen LogP) is 4.19. The van der Waals surface area contributed by atoms with Gasteiger partial charge >= 0.3 is 11.9 Å². The normalized spacial score (nSPS) is 10.3. The summed E-state index contributed by atoms with van der Waals surface area (Å²) in [6.07, 6.45) is 5.68. The first-order valence-electron chi connectivity index (χ1n) is 8.04. The van der Waals surface area contributed by atoms with Crippen LogP contribution < -0.4 is 4.74 Å². The highest BCUT2D eigenvalue weighted by molar-refractivity contribution is 5.79. The van der Waals surface area contributed by atoms with Gasteiger partial charge in [-0.1, -0.05) is 44.7 Å². The second-order valence-corrected chi connectivity index (χ2v) is 5.43. The third-order valence-electron chi connectivity index (χ3n) is 3.27. The Hall–Kier alpha value is -1.84. The van der Waals surface area contributed by atoms with Gasteiger partial charge in [-0.25, -0.2) is 0 Å². The quantitative estimate of drug-likeness (QED) is 0.369. The zero-order valence-electron chi connectivity index (χ0n) is 13.6. The molecule has 4 nitrogen and oxygen atoms in total. The molecule has 0 radical (unpaired) electrons. The molecule has 122 valence electrons. The molecule has 0 saturated heterocycles. The molecule has 1 aromatic rings. The van der Waals surface area contributed by atoms with E-state index in [1.165, 1.54) is 19.3 Å². The van der Waals surface area contributed by atoms with E-state index in [-0.39, 0.29) is 18.8 Å². The van der Waals surface area contributed by atoms with Crippen molar-refractivity contribution in [3.05, 3.63) is 29.8 Å². The van der Waals surface area contributed by atoms with Crippen LogP contribution in [-0.2, 0) is 14.3 Å². The molecule has 0 amide bonds. The first-order chi connectivity index (χ1) is 10.6. The summed E-state index contributed by atoms with van der Waals surface area (Å²) in [5, 5.41) is 0. The van der Waals surface area contributed by atoms with Crippen molar-refractivity contribution in [1.29, 1.82) is 0 Å². The van der Waals surface area contributed by atoms with Gasteiger partial charge in [-0.2, -0.15) is 0 Å². The molecule has 1 rings (SSSR count). The van der Waals surface area contributed by atoms with E-state index >= 15 is 0 Å². The van der Waals surface area contributed by atoms with Crippen LogP contribution in [0.3, 0.4) is 0 Å². The third-order valence-corrected chi connectivity index (χ3v) is 3.27. The van der Waals surface area contributed by atoms with Crippen molar-refractivity contribution in [1.82, 2.24) is 0 Å². The number of rotatable bonds is 10. The molecule has 4 heteroatoms. The second-order valence-electron chi connectivity index (χ2n) is 5.43. The molecule has 0 bridgehead atoms. The third kappa shape index (κ3) is 8.45. The van der Waals surface area contributed by atoms with Crippen LogP contribution >= 0.6 is 0 Å². The van der Waals surface area contributed by atoms with E-state index in [1.807, 2.05) is 19.1 Å². The van der Waals surface area contributed by atoms with Crippen LogP contribution in [0.15, 0.2) is 24.3 Å². The zero-order valence-corrected chi connectivity index (χ0v) is 13.6. The predicted molar refractivity (Wildman–Crippen MR) is 85.8 cm³/mol. The highest BCUT2D eigenvalue weighted by atomic mass is 16.5. The molecule has 1 aromatic carbocycles. The number of aryl methyl sites for hydroxylation is 1. The number of ether oxygens (including phenoxy) is 2. The van der Waals surface area contributed by atoms with Gasteiger partial charge in [0, 0.05) is 0 Å². The summed E-state index contributed by atoms with van der Waals surface area (Å²) in [5.74, 6) is -0.239. The summed E-state index contributed by atoms with van der Waals surface area (Å²) < 4.78 is 10.3. The molecule has 0 unspecified atom stereocenters. The fourth-order valence-corrected chi connectivity index (χ4v) is 2.03. The topological polar surface area (TPSA) is 52.6 Å². The molecule has 0 heterocycles. The van der Waals surface area contributed by atoms with E-state index in [2.05, 4.69) is 6.92 Å². The molecule has 0 aromatic heterocycles. The Morgan fingerprint density at radius 2 is 1.73 bits per heavy atom. The lowest BCUT2D eigenvalue weighted by Crippen LogP contribution is -2.12. The molecule has 0 fully saturated rings. The highest BCUT2D eigenvalue weighted by Gasteiger charge is 2.10. The summed E-state index contributed by atoms with van der Waals surface area (Å²) in [6, 6.07) is 7.26. The molecular formula is C18H26O4. The average molecular weight is 306 g/mol. The molecule has 0 aliphatic heterocycles. The molecule has 0 aliphatic carbocycles. The Morgan fingerprint density at radius 1 is 1.00 bits per heavy atom. The molecule has 0 atom stereocenters. The number of benzene rings is 1. The summed E-state index contributed by atoms with van der Waals surface area (Å²) >= 11 is 0. The van der Waals surface area contributed by atoms with Crippen molar-refractivity contribution in [2.45, 2.75) is 58.8 Å². The van der Waals surface area contributed by atoms with Gasteiger partial charge in [0.25, 0.3) is 0 Å². The van der Waals surface area contributed by atoms with E-state index in [0.717, 1.165) is 18.4 Å². The van der Waals surface area contributed by atoms with E-state index in [0.29, 0.717) is 12.4 Å². The van der Waals surface area contributed by atoms with E-state index < -0.39 is 5.97 Å². The van der Waals surface area contributed by atoms with E-state index in [4.69, 9.17) is 9.47 Å². The largest absolute Gasteiger partial charge is 0.466 e. The first-order valence-corrected chi connectivity index (χ1v) is 8.04. The minimum absolute atomic E-state index is 0.0443. The fraction of sp³-hybridized carbons (Fsp3) is 0.556. The maximum absolute atomic E-state index is 11.6. The van der Waals surface area contributed by atoms with Crippen molar-refractivity contribution in [3.63, 3.8) is 0 Å². The minimum Gasteiger partial charge on any atom is -0.466 e. The average Bonchev–Trinajstić information content (AvgIpc) is 2.49. The van der Waals surface area contributed by atoms with Crippen molar-refractivity contribution in [2.75, 3.05) is 6.61 Å². The van der Waals surface area contributed by atoms with Gasteiger partial charge < -0.3 is 9.47 Å². The van der Waals surface area contributed by atoms with Gasteiger partial charge in [0.05, 0.1) is 19.4 Å². The first kappa shape index (κ1) is 18.2. The van der Waals surface area contributed by atoms with Crippen molar-refractivity contribution in [3.8, 4) is 5.75 Å². The summed E-state index contributed by atoms with van der Waals surface area (Å²) in [4.78, 5) is 23.2. The number of hydrogen-bond acceptors (Lipinski definition) is 4. The Bertz CT molecular complexity index is 468. The Balaban J connectivity index is 2.11. The molecule has 22 heavy (non-hydrogen) atoms. The lowest BCUT2D eigenvalue weighted by atomic mass is 10.2. The number of esters is 2. The van der Waals surface area contributed by atoms with Gasteiger partial charge in [0.1, 0.15) is 5.75 Å². The van der Waals surface area contributed by atoms with Gasteiger partial charge in [0.2, 0.25) is 0 Å². The van der Waals surface area contributed by atoms with Gasteiger partial charge in [0.15, 0.2) is 0 Å². The van der Waals surface area contributed by atoms with Crippen molar-refractivity contribution >= 4 is 11.9 Å². The standard InChI is InChI=1S/C18H26O4/c1-3-4-5-6-7-13-21-17(19)11-12-18(20)22-16-10-8-9-15(2)14-16/h8-10,14H,3-7,11-13H2,1-2H3. The number of carbonyl (C=O) groups excluding carboxylic acids is 2. The molecule has 0 spiro atoms. The highest BCUT2D eigenvalue weighted by Crippen LogP contribution is 2.13. The van der Waals surface area contributed by atoms with Crippen LogP contribution in [0.2, 0.25) is 0 Å². The van der Waals surface area contributed by atoms with Crippen LogP contribution in [0, 0.1) is 6.92 Å². The fourth-order valence-electron chi connectivity index (χ4n) is 2.03. The Kier molecular flexibility index (Phi) is 8.96. The van der Waals surface area contributed by atoms with Crippen LogP contribution in [0.5, 0.6) is 5.75 Å². The Morgan fingerprint density at radius 3 is 2.45 bits per heavy atom. The van der Waals surface area contributed by atoms with Crippen LogP contribution in [0.25, 0.3) is 0 Å². The van der Waals surface area contributed by atoms with Crippen molar-refractivity contribution in [2.24, 2.45) is 0 Å². The lowest BCUT2D eigenvalue weighted by molar-refractivity contribution is -0.147. The van der Waals surface area contributed by atoms with Crippen LogP contribution in [0.1, 0.15) is 57.4 Å². The SMILES string of the molecule is CCCCCCCOC(=O)CCC(=O)Oc1cccc(C)c1. The summed E-state index contributed by atoms with van der Waals surface area (Å²) in [6.45, 7) is 4.53. The molecular weight excluding hydrogens is 280 g/mol. The Labute approximate surface area is 132 Å². The number of unbranched alkanes of at least 4 members (excludes halogenated alkanes) is 4. The van der Waals surface area contributed by atoms with Gasteiger partial charge in [-0.15, -0.1) is 0 Å². The smallest absolute Gasteiger partial charge is 0.311 e. The van der Waals surface area contributed by atoms with Gasteiger partial charge in [-0.05, 0) is 31.0 Å². The maximum Gasteiger partial charge on any atom is 0.311 e. The minimum atomic E-state index is -0.412. The summed E-state index contributed by atoms with van der Waals surface area (Å²) in [5.41, 5.74) is 1.02. The summed E-state index contributed by atoms with van der Waals surface area (Å²) in [7, 11) is 0. The zero-order chi connectivity index (χ0) is 16.2. The number of hydrogen-bond donors (Lipinski definition) is 0. The molecule has 0 aliphatic rings.